The van der Waals surface area contributed by atoms with Gasteiger partial charge in [-0.25, -0.2) is 0 Å². The van der Waals surface area contributed by atoms with E-state index in [-0.39, 0.29) is 0 Å². The van der Waals surface area contributed by atoms with E-state index in [0.29, 0.717) is 0 Å². The summed E-state index contributed by atoms with van der Waals surface area (Å²) in [4.78, 5) is 3.27. The Morgan fingerprint density at radius 3 is 2.20 bits per heavy atom. The highest BCUT2D eigenvalue weighted by Gasteiger charge is 2.20. The number of fused-ring (bicyclic) bond motifs is 1. The number of likely N-dealkylation sites (N-methyl/N-ethyl adjacent to an activating group) is 1. The van der Waals surface area contributed by atoms with E-state index in [1.807, 2.05) is 6.20 Å². The van der Waals surface area contributed by atoms with Crippen molar-refractivity contribution in [1.29, 1.82) is 0 Å². The molecule has 0 unspecified atom stereocenters. The van der Waals surface area contributed by atoms with Crippen LogP contribution in [0.15, 0.2) is 54.7 Å². The highest BCUT2D eigenvalue weighted by molar-refractivity contribution is 5.84. The normalized spacial score (nSPS) is 11.8. The first-order valence-corrected chi connectivity index (χ1v) is 9.35. The van der Waals surface area contributed by atoms with Gasteiger partial charge in [0.25, 0.3) is 0 Å². The summed E-state index contributed by atoms with van der Waals surface area (Å²) in [6.07, 6.45) is 1.98. The van der Waals surface area contributed by atoms with E-state index in [2.05, 4.69) is 74.3 Å². The van der Waals surface area contributed by atoms with Crippen molar-refractivity contribution < 1.29 is 9.22 Å². The summed E-state index contributed by atoms with van der Waals surface area (Å²) in [6, 6.07) is 17.0. The van der Waals surface area contributed by atoms with Crippen LogP contribution in [-0.4, -0.2) is 42.3 Å². The number of nitrogens with zero attached hydrogens (tertiary/aromatic N) is 1. The van der Waals surface area contributed by atoms with E-state index < -0.39 is 0 Å². The Morgan fingerprint density at radius 2 is 1.52 bits per heavy atom. The maximum absolute atomic E-state index is 5.99. The smallest absolute Gasteiger partial charge is 0.137 e. The Hall–Kier alpha value is -2.26. The number of aromatic nitrogens is 1. The summed E-state index contributed by atoms with van der Waals surface area (Å²) in [5, 5.41) is 1.24. The average Bonchev–Trinajstić information content (AvgIpc) is 3.14. The standard InChI is InChI=1S/C22H29N2O/c1-4-24(5-2,6-3)15-16-25-21-11-9-18(10-12-21)20-8-7-19-13-14-23-22(19)17-20/h7-14,17,23H,4-6,15-16H2,1-3H3/q+1. The van der Waals surface area contributed by atoms with Gasteiger partial charge in [0.15, 0.2) is 0 Å². The molecule has 3 rings (SSSR count). The number of H-pyrrole nitrogens is 1. The van der Waals surface area contributed by atoms with Crippen LogP contribution >= 0.6 is 0 Å². The van der Waals surface area contributed by atoms with Gasteiger partial charge >= 0.3 is 0 Å². The minimum absolute atomic E-state index is 0.767. The second-order valence-corrected chi connectivity index (χ2v) is 6.67. The van der Waals surface area contributed by atoms with Gasteiger partial charge < -0.3 is 14.2 Å². The zero-order valence-electron chi connectivity index (χ0n) is 15.6. The Kier molecular flexibility index (Phi) is 5.44. The van der Waals surface area contributed by atoms with Crippen LogP contribution in [0.4, 0.5) is 0 Å². The van der Waals surface area contributed by atoms with Crippen LogP contribution in [0.3, 0.4) is 0 Å². The van der Waals surface area contributed by atoms with Crippen molar-refractivity contribution >= 4 is 10.9 Å². The average molecular weight is 337 g/mol. The first kappa shape index (κ1) is 17.6. The maximum Gasteiger partial charge on any atom is 0.137 e. The van der Waals surface area contributed by atoms with Crippen molar-refractivity contribution in [3.8, 4) is 16.9 Å². The molecule has 1 N–H and O–H groups in total. The highest BCUT2D eigenvalue weighted by Crippen LogP contribution is 2.25. The van der Waals surface area contributed by atoms with Gasteiger partial charge in [-0.3, -0.25) is 0 Å². The lowest BCUT2D eigenvalue weighted by atomic mass is 10.0. The number of nitrogens with one attached hydrogen (secondary N) is 1. The molecule has 0 aliphatic heterocycles. The SMILES string of the molecule is CC[N+](CC)(CC)CCOc1ccc(-c2ccc3cc[nH]c3c2)cc1. The molecule has 1 heterocycles. The lowest BCUT2D eigenvalue weighted by molar-refractivity contribution is -0.923. The number of ether oxygens (including phenoxy) is 1. The fourth-order valence-corrected chi connectivity index (χ4v) is 3.47. The molecule has 3 aromatic rings. The van der Waals surface area contributed by atoms with E-state index in [0.717, 1.165) is 43.0 Å². The van der Waals surface area contributed by atoms with Crippen LogP contribution in [0.1, 0.15) is 20.8 Å². The van der Waals surface area contributed by atoms with Crippen molar-refractivity contribution in [3.05, 3.63) is 54.7 Å². The van der Waals surface area contributed by atoms with Gasteiger partial charge in [-0.2, -0.15) is 0 Å². The summed E-state index contributed by atoms with van der Waals surface area (Å²) in [6.45, 7) is 12.1. The summed E-state index contributed by atoms with van der Waals surface area (Å²) in [5.74, 6) is 0.950. The topological polar surface area (TPSA) is 25.0 Å². The Labute approximate surface area is 150 Å². The molecule has 0 aliphatic rings. The largest absolute Gasteiger partial charge is 0.488 e. The molecule has 1 aromatic heterocycles. The van der Waals surface area contributed by atoms with E-state index in [1.54, 1.807) is 0 Å². The van der Waals surface area contributed by atoms with Crippen molar-refractivity contribution in [1.82, 2.24) is 4.98 Å². The van der Waals surface area contributed by atoms with Gasteiger partial charge in [0.05, 0.1) is 19.6 Å². The molecule has 0 atom stereocenters. The van der Waals surface area contributed by atoms with E-state index in [1.165, 1.54) is 22.0 Å². The van der Waals surface area contributed by atoms with Gasteiger partial charge in [-0.15, -0.1) is 0 Å². The third-order valence-corrected chi connectivity index (χ3v) is 5.59. The van der Waals surface area contributed by atoms with Gasteiger partial charge in [-0.1, -0.05) is 24.3 Å². The van der Waals surface area contributed by atoms with Crippen molar-refractivity contribution in [2.45, 2.75) is 20.8 Å². The van der Waals surface area contributed by atoms with Gasteiger partial charge in [0, 0.05) is 11.7 Å². The summed E-state index contributed by atoms with van der Waals surface area (Å²) in [5.41, 5.74) is 3.61. The quantitative estimate of drug-likeness (QED) is 0.569. The Morgan fingerprint density at radius 1 is 0.840 bits per heavy atom. The molecule has 0 saturated heterocycles. The summed E-state index contributed by atoms with van der Waals surface area (Å²) in [7, 11) is 0. The van der Waals surface area contributed by atoms with Crippen molar-refractivity contribution in [2.75, 3.05) is 32.8 Å². The summed E-state index contributed by atoms with van der Waals surface area (Å²) < 4.78 is 7.11. The molecule has 2 aromatic carbocycles. The summed E-state index contributed by atoms with van der Waals surface area (Å²) >= 11 is 0. The van der Waals surface area contributed by atoms with E-state index in [9.17, 15) is 0 Å². The number of rotatable bonds is 8. The van der Waals surface area contributed by atoms with Crippen molar-refractivity contribution in [2.24, 2.45) is 0 Å². The molecule has 132 valence electrons. The molecule has 0 saturated carbocycles. The van der Waals surface area contributed by atoms with Gasteiger partial charge in [0.1, 0.15) is 18.9 Å². The zero-order valence-corrected chi connectivity index (χ0v) is 15.6. The highest BCUT2D eigenvalue weighted by atomic mass is 16.5. The lowest BCUT2D eigenvalue weighted by Gasteiger charge is -2.35. The zero-order chi connectivity index (χ0) is 17.7. The molecular weight excluding hydrogens is 308 g/mol. The van der Waals surface area contributed by atoms with Crippen LogP contribution in [-0.2, 0) is 0 Å². The predicted octanol–water partition coefficient (Wildman–Crippen LogP) is 5.09. The number of hydrogen-bond acceptors (Lipinski definition) is 1. The Bertz CT molecular complexity index is 792. The van der Waals surface area contributed by atoms with Gasteiger partial charge in [-0.05, 0) is 61.5 Å². The minimum atomic E-state index is 0.767. The first-order chi connectivity index (χ1) is 12.2. The molecule has 0 aliphatic carbocycles. The van der Waals surface area contributed by atoms with Crippen LogP contribution in [0.2, 0.25) is 0 Å². The molecule has 0 amide bonds. The second kappa shape index (κ2) is 7.75. The van der Waals surface area contributed by atoms with Crippen molar-refractivity contribution in [3.63, 3.8) is 0 Å². The van der Waals surface area contributed by atoms with Gasteiger partial charge in [0.2, 0.25) is 0 Å². The van der Waals surface area contributed by atoms with Crippen LogP contribution in [0.25, 0.3) is 22.0 Å². The number of quaternary nitrogens is 1. The molecule has 0 bridgehead atoms. The predicted molar refractivity (Wildman–Crippen MR) is 106 cm³/mol. The molecule has 0 fully saturated rings. The third-order valence-electron chi connectivity index (χ3n) is 5.59. The molecule has 0 radical (unpaired) electrons. The third kappa shape index (κ3) is 3.88. The first-order valence-electron chi connectivity index (χ1n) is 9.35. The molecule has 25 heavy (non-hydrogen) atoms. The molecule has 3 nitrogen and oxygen atoms in total. The van der Waals surface area contributed by atoms with Crippen LogP contribution in [0, 0.1) is 0 Å². The fraction of sp³-hybridized carbons (Fsp3) is 0.364. The number of aromatic amines is 1. The fourth-order valence-electron chi connectivity index (χ4n) is 3.47. The number of benzene rings is 2. The van der Waals surface area contributed by atoms with E-state index in [4.69, 9.17) is 4.74 Å². The molecular formula is C22H29N2O+. The van der Waals surface area contributed by atoms with E-state index >= 15 is 0 Å². The molecule has 3 heteroatoms. The molecule has 0 spiro atoms. The monoisotopic (exact) mass is 337 g/mol. The second-order valence-electron chi connectivity index (χ2n) is 6.67. The maximum atomic E-state index is 5.99. The Balaban J connectivity index is 1.64. The minimum Gasteiger partial charge on any atom is -0.488 e. The van der Waals surface area contributed by atoms with Crippen LogP contribution in [0.5, 0.6) is 5.75 Å². The van der Waals surface area contributed by atoms with Crippen LogP contribution < -0.4 is 4.74 Å². The number of hydrogen-bond donors (Lipinski definition) is 1. The lowest BCUT2D eigenvalue weighted by Crippen LogP contribution is -2.49.